The highest BCUT2D eigenvalue weighted by Gasteiger charge is 2.18. The van der Waals surface area contributed by atoms with Gasteiger partial charge in [0.1, 0.15) is 5.76 Å². The summed E-state index contributed by atoms with van der Waals surface area (Å²) >= 11 is 0. The van der Waals surface area contributed by atoms with E-state index in [-0.39, 0.29) is 12.2 Å². The van der Waals surface area contributed by atoms with Crippen molar-refractivity contribution in [3.8, 4) is 0 Å². The molecule has 2 aromatic rings. The predicted octanol–water partition coefficient (Wildman–Crippen LogP) is 2.96. The maximum absolute atomic E-state index is 13.7. The number of rotatable bonds is 4. The summed E-state index contributed by atoms with van der Waals surface area (Å²) in [5.41, 5.74) is -0.495. The number of furan rings is 1. The summed E-state index contributed by atoms with van der Waals surface area (Å²) in [6.45, 7) is 0.209. The second kappa shape index (κ2) is 5.51. The highest BCUT2D eigenvalue weighted by Crippen LogP contribution is 2.21. The molecule has 4 nitrogen and oxygen atoms in total. The summed E-state index contributed by atoms with van der Waals surface area (Å²) in [5, 5.41) is 2.68. The standard InChI is InChI=1S/C13H11F2NO3/c1-18-13(17)9-4-5-10(12(15)11(9)14)16-7-8-3-2-6-19-8/h2-6,16H,7H2,1H3. The number of anilines is 1. The minimum atomic E-state index is -1.24. The molecule has 0 amide bonds. The van der Waals surface area contributed by atoms with Crippen LogP contribution in [0.5, 0.6) is 0 Å². The molecule has 0 bridgehead atoms. The minimum Gasteiger partial charge on any atom is -0.467 e. The summed E-state index contributed by atoms with van der Waals surface area (Å²) in [6.07, 6.45) is 1.48. The fourth-order valence-corrected chi connectivity index (χ4v) is 1.55. The molecule has 2 rings (SSSR count). The second-order valence-electron chi connectivity index (χ2n) is 3.71. The number of esters is 1. The number of nitrogens with one attached hydrogen (secondary N) is 1. The highest BCUT2D eigenvalue weighted by molar-refractivity contribution is 5.90. The van der Waals surface area contributed by atoms with Crippen LogP contribution in [-0.2, 0) is 11.3 Å². The van der Waals surface area contributed by atoms with E-state index < -0.39 is 23.2 Å². The van der Waals surface area contributed by atoms with Crippen LogP contribution < -0.4 is 5.32 Å². The summed E-state index contributed by atoms with van der Waals surface area (Å²) in [7, 11) is 1.10. The van der Waals surface area contributed by atoms with E-state index >= 15 is 0 Å². The van der Waals surface area contributed by atoms with Gasteiger partial charge in [-0.2, -0.15) is 0 Å². The quantitative estimate of drug-likeness (QED) is 0.865. The van der Waals surface area contributed by atoms with Crippen LogP contribution in [0.25, 0.3) is 0 Å². The van der Waals surface area contributed by atoms with Crippen LogP contribution in [0.2, 0.25) is 0 Å². The van der Waals surface area contributed by atoms with Crippen molar-refractivity contribution in [3.05, 3.63) is 53.5 Å². The lowest BCUT2D eigenvalue weighted by molar-refractivity contribution is 0.0594. The fourth-order valence-electron chi connectivity index (χ4n) is 1.55. The Labute approximate surface area is 108 Å². The summed E-state index contributed by atoms with van der Waals surface area (Å²) in [5.74, 6) is -2.71. The predicted molar refractivity (Wildman–Crippen MR) is 63.7 cm³/mol. The van der Waals surface area contributed by atoms with Gasteiger partial charge < -0.3 is 14.5 Å². The van der Waals surface area contributed by atoms with Crippen molar-refractivity contribution < 1.29 is 22.7 Å². The average Bonchev–Trinajstić information content (AvgIpc) is 2.93. The first kappa shape index (κ1) is 13.1. The average molecular weight is 267 g/mol. The molecule has 1 aromatic carbocycles. The lowest BCUT2D eigenvalue weighted by Gasteiger charge is -2.08. The molecule has 0 radical (unpaired) electrons. The number of carbonyl (C=O) groups is 1. The number of carbonyl (C=O) groups excluding carboxylic acids is 1. The molecule has 0 aliphatic heterocycles. The normalized spacial score (nSPS) is 10.3. The third kappa shape index (κ3) is 2.73. The van der Waals surface area contributed by atoms with Crippen molar-refractivity contribution >= 4 is 11.7 Å². The van der Waals surface area contributed by atoms with Gasteiger partial charge in [0, 0.05) is 0 Å². The number of ether oxygens (including phenoxy) is 1. The number of hydrogen-bond donors (Lipinski definition) is 1. The Morgan fingerprint density at radius 1 is 1.32 bits per heavy atom. The first-order valence-corrected chi connectivity index (χ1v) is 5.46. The zero-order chi connectivity index (χ0) is 13.8. The fraction of sp³-hybridized carbons (Fsp3) is 0.154. The van der Waals surface area contributed by atoms with Gasteiger partial charge in [0.15, 0.2) is 11.6 Å². The van der Waals surface area contributed by atoms with Gasteiger partial charge in [-0.1, -0.05) is 0 Å². The topological polar surface area (TPSA) is 51.5 Å². The lowest BCUT2D eigenvalue weighted by Crippen LogP contribution is -2.09. The van der Waals surface area contributed by atoms with E-state index in [1.165, 1.54) is 12.3 Å². The molecule has 100 valence electrons. The van der Waals surface area contributed by atoms with Gasteiger partial charge in [-0.25, -0.2) is 13.6 Å². The van der Waals surface area contributed by atoms with Crippen LogP contribution in [0.15, 0.2) is 34.9 Å². The van der Waals surface area contributed by atoms with Crippen LogP contribution in [0.3, 0.4) is 0 Å². The van der Waals surface area contributed by atoms with E-state index in [0.29, 0.717) is 5.76 Å². The molecule has 0 unspecified atom stereocenters. The number of methoxy groups -OCH3 is 1. The van der Waals surface area contributed by atoms with Crippen molar-refractivity contribution in [2.45, 2.75) is 6.54 Å². The summed E-state index contributed by atoms with van der Waals surface area (Å²) < 4.78 is 36.7. The van der Waals surface area contributed by atoms with Gasteiger partial charge in [-0.05, 0) is 24.3 Å². The second-order valence-corrected chi connectivity index (χ2v) is 3.71. The van der Waals surface area contributed by atoms with Crippen LogP contribution in [0.1, 0.15) is 16.1 Å². The van der Waals surface area contributed by atoms with Crippen molar-refractivity contribution in [2.24, 2.45) is 0 Å². The van der Waals surface area contributed by atoms with Crippen LogP contribution in [0, 0.1) is 11.6 Å². The molecular weight excluding hydrogens is 256 g/mol. The van der Waals surface area contributed by atoms with E-state index in [0.717, 1.165) is 13.2 Å². The van der Waals surface area contributed by atoms with Gasteiger partial charge in [0.2, 0.25) is 0 Å². The molecule has 0 saturated heterocycles. The Hall–Kier alpha value is -2.37. The number of benzene rings is 1. The SMILES string of the molecule is COC(=O)c1ccc(NCc2ccco2)c(F)c1F. The van der Waals surface area contributed by atoms with Crippen molar-refractivity contribution in [2.75, 3.05) is 12.4 Å². The van der Waals surface area contributed by atoms with Gasteiger partial charge in [0.25, 0.3) is 0 Å². The van der Waals surface area contributed by atoms with E-state index in [9.17, 15) is 13.6 Å². The molecular formula is C13H11F2NO3. The third-order valence-corrected chi connectivity index (χ3v) is 2.52. The first-order valence-electron chi connectivity index (χ1n) is 5.46. The van der Waals surface area contributed by atoms with Gasteiger partial charge in [-0.3, -0.25) is 0 Å². The van der Waals surface area contributed by atoms with E-state index in [4.69, 9.17) is 4.42 Å². The molecule has 6 heteroatoms. The lowest BCUT2D eigenvalue weighted by atomic mass is 10.2. The Balaban J connectivity index is 2.19. The van der Waals surface area contributed by atoms with E-state index in [1.54, 1.807) is 12.1 Å². The molecule has 0 spiro atoms. The monoisotopic (exact) mass is 267 g/mol. The Morgan fingerprint density at radius 2 is 2.11 bits per heavy atom. The molecule has 19 heavy (non-hydrogen) atoms. The summed E-state index contributed by atoms with van der Waals surface area (Å²) in [6, 6.07) is 5.82. The molecule has 0 saturated carbocycles. The molecule has 1 aromatic heterocycles. The largest absolute Gasteiger partial charge is 0.467 e. The Kier molecular flexibility index (Phi) is 3.79. The minimum absolute atomic E-state index is 0.0541. The number of halogens is 2. The Bertz CT molecular complexity index is 582. The van der Waals surface area contributed by atoms with Crippen LogP contribution in [-0.4, -0.2) is 13.1 Å². The summed E-state index contributed by atoms with van der Waals surface area (Å²) in [4.78, 5) is 11.2. The molecule has 0 atom stereocenters. The molecule has 0 aliphatic rings. The Morgan fingerprint density at radius 3 is 2.74 bits per heavy atom. The smallest absolute Gasteiger partial charge is 0.340 e. The zero-order valence-electron chi connectivity index (χ0n) is 10.1. The third-order valence-electron chi connectivity index (χ3n) is 2.52. The highest BCUT2D eigenvalue weighted by atomic mass is 19.2. The van der Waals surface area contributed by atoms with Gasteiger partial charge in [0.05, 0.1) is 31.2 Å². The zero-order valence-corrected chi connectivity index (χ0v) is 10.1. The molecule has 1 heterocycles. The maximum Gasteiger partial charge on any atom is 0.340 e. The maximum atomic E-state index is 13.7. The number of hydrogen-bond acceptors (Lipinski definition) is 4. The van der Waals surface area contributed by atoms with Crippen LogP contribution in [0.4, 0.5) is 14.5 Å². The molecule has 0 fully saturated rings. The van der Waals surface area contributed by atoms with Crippen molar-refractivity contribution in [1.29, 1.82) is 0 Å². The first-order chi connectivity index (χ1) is 9.13. The molecule has 1 N–H and O–H groups in total. The molecule has 0 aliphatic carbocycles. The van der Waals surface area contributed by atoms with Crippen LogP contribution >= 0.6 is 0 Å². The van der Waals surface area contributed by atoms with Crippen molar-refractivity contribution in [3.63, 3.8) is 0 Å². The van der Waals surface area contributed by atoms with Gasteiger partial charge >= 0.3 is 5.97 Å². The van der Waals surface area contributed by atoms with Crippen molar-refractivity contribution in [1.82, 2.24) is 0 Å². The van der Waals surface area contributed by atoms with Gasteiger partial charge in [-0.15, -0.1) is 0 Å². The van der Waals surface area contributed by atoms with E-state index in [2.05, 4.69) is 10.1 Å². The van der Waals surface area contributed by atoms with E-state index in [1.807, 2.05) is 0 Å².